The van der Waals surface area contributed by atoms with E-state index >= 15 is 0 Å². The Labute approximate surface area is 119 Å². The first-order valence-electron chi connectivity index (χ1n) is 6.15. The highest BCUT2D eigenvalue weighted by atomic mass is 19.4. The average Bonchev–Trinajstić information content (AvgIpc) is 2.44. The van der Waals surface area contributed by atoms with Crippen molar-refractivity contribution in [2.75, 3.05) is 13.7 Å². The Morgan fingerprint density at radius 3 is 2.57 bits per heavy atom. The maximum Gasteiger partial charge on any atom is 0.460 e. The molecule has 7 heteroatoms. The third-order valence-corrected chi connectivity index (χ3v) is 2.98. The summed E-state index contributed by atoms with van der Waals surface area (Å²) >= 11 is 0. The number of ether oxygens (including phenoxy) is 3. The molecule has 1 aliphatic rings. The van der Waals surface area contributed by atoms with E-state index in [1.54, 1.807) is 6.07 Å². The molecule has 1 atom stereocenters. The lowest BCUT2D eigenvalue weighted by molar-refractivity contribution is -0.326. The van der Waals surface area contributed by atoms with E-state index in [1.807, 2.05) is 0 Å². The van der Waals surface area contributed by atoms with Gasteiger partial charge in [0.25, 0.3) is 0 Å². The summed E-state index contributed by atoms with van der Waals surface area (Å²) < 4.78 is 54.6. The number of hydrogen-bond donors (Lipinski definition) is 0. The van der Waals surface area contributed by atoms with Crippen molar-refractivity contribution in [1.29, 1.82) is 0 Å². The minimum Gasteiger partial charge on any atom is -0.462 e. The molecule has 2 rings (SSSR count). The molecule has 0 N–H and O–H groups in total. The van der Waals surface area contributed by atoms with E-state index in [1.165, 1.54) is 25.1 Å². The van der Waals surface area contributed by atoms with Gasteiger partial charge in [0.15, 0.2) is 0 Å². The van der Waals surface area contributed by atoms with Gasteiger partial charge in [-0.1, -0.05) is 18.2 Å². The molecule has 0 spiro atoms. The fourth-order valence-electron chi connectivity index (χ4n) is 2.03. The molecule has 0 aromatic heterocycles. The molecule has 0 saturated carbocycles. The summed E-state index contributed by atoms with van der Waals surface area (Å²) in [6.45, 7) is 1.44. The predicted octanol–water partition coefficient (Wildman–Crippen LogP) is 2.93. The lowest BCUT2D eigenvalue weighted by Crippen LogP contribution is -2.56. The van der Waals surface area contributed by atoms with E-state index in [9.17, 15) is 18.0 Å². The van der Waals surface area contributed by atoms with Gasteiger partial charge in [0.05, 0.1) is 6.61 Å². The number of carbonyl (C=O) groups excluding carboxylic acids is 1. The van der Waals surface area contributed by atoms with Gasteiger partial charge < -0.3 is 14.2 Å². The topological polar surface area (TPSA) is 44.8 Å². The van der Waals surface area contributed by atoms with Crippen LogP contribution in [0.2, 0.25) is 0 Å². The van der Waals surface area contributed by atoms with Crippen LogP contribution in [0.3, 0.4) is 0 Å². The largest absolute Gasteiger partial charge is 0.462 e. The molecule has 0 saturated heterocycles. The van der Waals surface area contributed by atoms with Crippen LogP contribution < -0.4 is 4.74 Å². The summed E-state index contributed by atoms with van der Waals surface area (Å²) in [7, 11) is 0.828. The zero-order valence-electron chi connectivity index (χ0n) is 11.4. The van der Waals surface area contributed by atoms with Gasteiger partial charge >= 0.3 is 17.9 Å². The molecule has 1 aromatic rings. The molecule has 1 heterocycles. The first-order chi connectivity index (χ1) is 9.85. The van der Waals surface area contributed by atoms with Crippen LogP contribution in [0.15, 0.2) is 29.8 Å². The monoisotopic (exact) mass is 302 g/mol. The molecule has 1 aliphatic heterocycles. The van der Waals surface area contributed by atoms with Crippen LogP contribution in [0.5, 0.6) is 5.75 Å². The number of esters is 1. The van der Waals surface area contributed by atoms with Gasteiger partial charge in [0.1, 0.15) is 11.3 Å². The minimum atomic E-state index is -4.95. The van der Waals surface area contributed by atoms with E-state index in [0.29, 0.717) is 5.56 Å². The van der Waals surface area contributed by atoms with Crippen molar-refractivity contribution in [2.24, 2.45) is 0 Å². The van der Waals surface area contributed by atoms with Gasteiger partial charge in [-0.05, 0) is 19.1 Å². The predicted molar refractivity (Wildman–Crippen MR) is 67.5 cm³/mol. The Hall–Kier alpha value is -2.02. The third kappa shape index (κ3) is 2.49. The Kier molecular flexibility index (Phi) is 3.95. The van der Waals surface area contributed by atoms with Crippen LogP contribution in [-0.2, 0) is 14.3 Å². The number of benzene rings is 1. The molecule has 0 bridgehead atoms. The molecule has 0 radical (unpaired) electrons. The van der Waals surface area contributed by atoms with Crippen LogP contribution in [0.25, 0.3) is 6.08 Å². The maximum absolute atomic E-state index is 13.4. The summed E-state index contributed by atoms with van der Waals surface area (Å²) in [5.41, 5.74) is -0.393. The quantitative estimate of drug-likeness (QED) is 0.805. The van der Waals surface area contributed by atoms with Crippen LogP contribution in [0, 0.1) is 0 Å². The number of halogens is 3. The molecule has 0 fully saturated rings. The lowest BCUT2D eigenvalue weighted by Gasteiger charge is -2.37. The molecule has 0 aliphatic carbocycles. The van der Waals surface area contributed by atoms with Gasteiger partial charge in [0.2, 0.25) is 0 Å². The second-order valence-corrected chi connectivity index (χ2v) is 4.24. The number of methoxy groups -OCH3 is 1. The Morgan fingerprint density at radius 2 is 2.00 bits per heavy atom. The van der Waals surface area contributed by atoms with Crippen LogP contribution in [0.1, 0.15) is 12.5 Å². The first kappa shape index (κ1) is 15.4. The summed E-state index contributed by atoms with van der Waals surface area (Å²) in [5.74, 6) is -4.33. The number of alkyl halides is 3. The SMILES string of the molecule is CCOC(=O)C1=Cc2ccccc2O[C@@]1(OC)C(F)(F)F. The van der Waals surface area contributed by atoms with Crippen molar-refractivity contribution in [3.05, 3.63) is 35.4 Å². The van der Waals surface area contributed by atoms with E-state index in [2.05, 4.69) is 9.47 Å². The first-order valence-corrected chi connectivity index (χ1v) is 6.15. The molecular weight excluding hydrogens is 289 g/mol. The van der Waals surface area contributed by atoms with Gasteiger partial charge in [-0.3, -0.25) is 0 Å². The highest BCUT2D eigenvalue weighted by Crippen LogP contribution is 2.45. The Balaban J connectivity index is 2.62. The third-order valence-electron chi connectivity index (χ3n) is 2.98. The van der Waals surface area contributed by atoms with Crippen molar-refractivity contribution >= 4 is 12.0 Å². The van der Waals surface area contributed by atoms with Crippen molar-refractivity contribution in [1.82, 2.24) is 0 Å². The zero-order valence-corrected chi connectivity index (χ0v) is 11.4. The molecular formula is C14H13F3O4. The number of para-hydroxylation sites is 1. The molecule has 1 aromatic carbocycles. The zero-order chi connectivity index (χ0) is 15.7. The molecule has 114 valence electrons. The number of carbonyl (C=O) groups is 1. The summed E-state index contributed by atoms with van der Waals surface area (Å²) in [4.78, 5) is 11.9. The highest BCUT2D eigenvalue weighted by molar-refractivity contribution is 5.97. The second kappa shape index (κ2) is 5.40. The van der Waals surface area contributed by atoms with Crippen molar-refractivity contribution in [2.45, 2.75) is 18.9 Å². The van der Waals surface area contributed by atoms with Crippen LogP contribution in [0.4, 0.5) is 13.2 Å². The normalized spacial score (nSPS) is 21.1. The Bertz CT molecular complexity index is 580. The molecule has 0 amide bonds. The molecule has 0 unspecified atom stereocenters. The van der Waals surface area contributed by atoms with Gasteiger partial charge in [-0.25, -0.2) is 4.79 Å². The Morgan fingerprint density at radius 1 is 1.33 bits per heavy atom. The average molecular weight is 302 g/mol. The van der Waals surface area contributed by atoms with Gasteiger partial charge in [-0.2, -0.15) is 13.2 Å². The molecule has 21 heavy (non-hydrogen) atoms. The standard InChI is InChI=1S/C14H13F3O4/c1-3-20-12(18)10-8-9-6-4-5-7-11(9)21-13(10,19-2)14(15,16)17/h4-8H,3H2,1-2H3/t13-/m1/s1. The van der Waals surface area contributed by atoms with Crippen molar-refractivity contribution in [3.63, 3.8) is 0 Å². The van der Waals surface area contributed by atoms with E-state index < -0.39 is 23.5 Å². The number of rotatable bonds is 3. The van der Waals surface area contributed by atoms with Crippen molar-refractivity contribution < 1.29 is 32.2 Å². The lowest BCUT2D eigenvalue weighted by atomic mass is 9.98. The number of fused-ring (bicyclic) bond motifs is 1. The fraction of sp³-hybridized carbons (Fsp3) is 0.357. The summed E-state index contributed by atoms with van der Waals surface area (Å²) in [6.07, 6.45) is -3.87. The van der Waals surface area contributed by atoms with Gasteiger partial charge in [0, 0.05) is 12.7 Å². The number of hydrogen-bond acceptors (Lipinski definition) is 4. The molecule has 4 nitrogen and oxygen atoms in total. The van der Waals surface area contributed by atoms with Gasteiger partial charge in [-0.15, -0.1) is 0 Å². The summed E-state index contributed by atoms with van der Waals surface area (Å²) in [6, 6.07) is 6.05. The van der Waals surface area contributed by atoms with E-state index in [4.69, 9.17) is 4.74 Å². The van der Waals surface area contributed by atoms with E-state index in [-0.39, 0.29) is 12.4 Å². The van der Waals surface area contributed by atoms with Crippen LogP contribution in [-0.4, -0.2) is 31.6 Å². The maximum atomic E-state index is 13.4. The highest BCUT2D eigenvalue weighted by Gasteiger charge is 2.64. The summed E-state index contributed by atoms with van der Waals surface area (Å²) in [5, 5.41) is 0. The minimum absolute atomic E-state index is 0.0234. The fourth-order valence-corrected chi connectivity index (χ4v) is 2.03. The van der Waals surface area contributed by atoms with Crippen molar-refractivity contribution in [3.8, 4) is 5.75 Å². The van der Waals surface area contributed by atoms with E-state index in [0.717, 1.165) is 13.2 Å². The second-order valence-electron chi connectivity index (χ2n) is 4.24. The smallest absolute Gasteiger partial charge is 0.460 e. The van der Waals surface area contributed by atoms with Crippen LogP contribution >= 0.6 is 0 Å².